The van der Waals surface area contributed by atoms with Crippen LogP contribution in [0.2, 0.25) is 5.02 Å². The predicted molar refractivity (Wildman–Crippen MR) is 55.3 cm³/mol. The van der Waals surface area contributed by atoms with E-state index in [1.54, 1.807) is 0 Å². The molecule has 0 unspecified atom stereocenters. The van der Waals surface area contributed by atoms with Gasteiger partial charge in [0.15, 0.2) is 0 Å². The smallest absolute Gasteiger partial charge is 0.396 e. The topological polar surface area (TPSA) is 50.9 Å². The minimum absolute atomic E-state index is 0.0271. The third kappa shape index (κ3) is 1.89. The molecule has 3 N–H and O–H groups in total. The van der Waals surface area contributed by atoms with Crippen LogP contribution in [0.5, 0.6) is 0 Å². The summed E-state index contributed by atoms with van der Waals surface area (Å²) < 4.78 is 37.9. The molecule has 1 heterocycles. The summed E-state index contributed by atoms with van der Waals surface area (Å²) in [5.41, 5.74) is 3.78. The van der Waals surface area contributed by atoms with Crippen molar-refractivity contribution in [2.24, 2.45) is 0 Å². The molecule has 1 aromatic rings. The van der Waals surface area contributed by atoms with Gasteiger partial charge in [-0.2, -0.15) is 13.2 Å². The van der Waals surface area contributed by atoms with Crippen molar-refractivity contribution in [3.8, 4) is 0 Å². The zero-order chi connectivity index (χ0) is 12.0. The van der Waals surface area contributed by atoms with E-state index in [0.29, 0.717) is 5.02 Å². The van der Waals surface area contributed by atoms with Crippen LogP contribution in [0.3, 0.4) is 0 Å². The lowest BCUT2D eigenvalue weighted by Crippen LogP contribution is -2.39. The first-order valence-corrected chi connectivity index (χ1v) is 4.98. The number of alkyl halides is 3. The maximum Gasteiger partial charge on any atom is 0.411 e. The summed E-state index contributed by atoms with van der Waals surface area (Å²) in [6.45, 7) is 0. The van der Waals surface area contributed by atoms with Crippen molar-refractivity contribution < 1.29 is 13.2 Å². The lowest BCUT2D eigenvalue weighted by molar-refractivity contribution is -0.151. The van der Waals surface area contributed by atoms with Crippen molar-refractivity contribution in [2.75, 3.05) is 11.1 Å². The highest BCUT2D eigenvalue weighted by Gasteiger charge is 2.63. The second kappa shape index (κ2) is 3.41. The largest absolute Gasteiger partial charge is 0.411 e. The Bertz CT molecular complexity index is 415. The molecule has 0 radical (unpaired) electrons. The highest BCUT2D eigenvalue weighted by Crippen LogP contribution is 2.51. The van der Waals surface area contributed by atoms with E-state index >= 15 is 0 Å². The van der Waals surface area contributed by atoms with Crippen molar-refractivity contribution in [3.05, 3.63) is 17.3 Å². The summed E-state index contributed by atoms with van der Waals surface area (Å²) in [6.07, 6.45) is -2.95. The summed E-state index contributed by atoms with van der Waals surface area (Å²) in [4.78, 5) is 3.75. The van der Waals surface area contributed by atoms with Crippen molar-refractivity contribution >= 4 is 23.1 Å². The Morgan fingerprint density at radius 1 is 1.44 bits per heavy atom. The van der Waals surface area contributed by atoms with E-state index in [2.05, 4.69) is 10.3 Å². The third-order valence-electron chi connectivity index (χ3n) is 2.53. The molecule has 0 amide bonds. The predicted octanol–water partition coefficient (Wildman–Crippen LogP) is 2.82. The molecule has 1 fully saturated rings. The van der Waals surface area contributed by atoms with Gasteiger partial charge in [0.05, 0.1) is 10.7 Å². The van der Waals surface area contributed by atoms with Crippen LogP contribution < -0.4 is 11.1 Å². The van der Waals surface area contributed by atoms with Gasteiger partial charge in [-0.3, -0.25) is 0 Å². The second-order valence-electron chi connectivity index (χ2n) is 3.80. The molecule has 0 aromatic carbocycles. The number of aromatic nitrogens is 1. The molecular weight excluding hydrogens is 243 g/mol. The van der Waals surface area contributed by atoms with Crippen LogP contribution in [0, 0.1) is 0 Å². The van der Waals surface area contributed by atoms with Gasteiger partial charge in [0.1, 0.15) is 11.4 Å². The number of hydrogen-bond donors (Lipinski definition) is 2. The van der Waals surface area contributed by atoms with Gasteiger partial charge in [-0.25, -0.2) is 4.98 Å². The summed E-state index contributed by atoms with van der Waals surface area (Å²) in [7, 11) is 0. The number of anilines is 2. The molecule has 1 saturated carbocycles. The summed E-state index contributed by atoms with van der Waals surface area (Å²) in [5.74, 6) is 0.0271. The van der Waals surface area contributed by atoms with Gasteiger partial charge in [-0.05, 0) is 18.9 Å². The highest BCUT2D eigenvalue weighted by atomic mass is 35.5. The maximum atomic E-state index is 12.6. The third-order valence-corrected chi connectivity index (χ3v) is 2.74. The molecule has 1 aromatic heterocycles. The Hall–Kier alpha value is -1.17. The van der Waals surface area contributed by atoms with E-state index in [1.807, 2.05) is 0 Å². The van der Waals surface area contributed by atoms with Crippen LogP contribution in [0.15, 0.2) is 12.3 Å². The molecular formula is C9H9ClF3N3. The molecule has 3 nitrogen and oxygen atoms in total. The number of nitrogens with one attached hydrogen (secondary N) is 1. The average molecular weight is 252 g/mol. The molecule has 0 atom stereocenters. The Balaban J connectivity index is 2.22. The van der Waals surface area contributed by atoms with Gasteiger partial charge in [-0.1, -0.05) is 11.6 Å². The number of halogens is 4. The van der Waals surface area contributed by atoms with E-state index in [0.717, 1.165) is 0 Å². The Morgan fingerprint density at radius 2 is 2.06 bits per heavy atom. The molecule has 0 saturated heterocycles. The number of nitrogens with zero attached hydrogens (tertiary/aromatic N) is 1. The summed E-state index contributed by atoms with van der Waals surface area (Å²) >= 11 is 5.60. The SMILES string of the molecule is Nc1cc(Cl)cnc1NC1(C(F)(F)F)CC1. The molecule has 16 heavy (non-hydrogen) atoms. The van der Waals surface area contributed by atoms with E-state index < -0.39 is 11.7 Å². The van der Waals surface area contributed by atoms with Gasteiger partial charge in [0.25, 0.3) is 0 Å². The maximum absolute atomic E-state index is 12.6. The van der Waals surface area contributed by atoms with Crippen LogP contribution in [0.25, 0.3) is 0 Å². The number of pyridine rings is 1. The van der Waals surface area contributed by atoms with E-state index in [4.69, 9.17) is 17.3 Å². The van der Waals surface area contributed by atoms with E-state index in [1.165, 1.54) is 12.3 Å². The monoisotopic (exact) mass is 251 g/mol. The number of rotatable bonds is 2. The number of nitrogen functional groups attached to an aromatic ring is 1. The first-order chi connectivity index (χ1) is 7.34. The molecule has 7 heteroatoms. The van der Waals surface area contributed by atoms with Gasteiger partial charge in [0, 0.05) is 6.20 Å². The van der Waals surface area contributed by atoms with Crippen molar-refractivity contribution in [2.45, 2.75) is 24.6 Å². The normalized spacial score (nSPS) is 18.2. The van der Waals surface area contributed by atoms with Crippen molar-refractivity contribution in [1.82, 2.24) is 4.98 Å². The van der Waals surface area contributed by atoms with Crippen LogP contribution in [-0.2, 0) is 0 Å². The van der Waals surface area contributed by atoms with Crippen molar-refractivity contribution in [1.29, 1.82) is 0 Å². The highest BCUT2D eigenvalue weighted by molar-refractivity contribution is 6.30. The van der Waals surface area contributed by atoms with Crippen LogP contribution in [-0.4, -0.2) is 16.7 Å². The van der Waals surface area contributed by atoms with Crippen LogP contribution in [0.4, 0.5) is 24.7 Å². The minimum Gasteiger partial charge on any atom is -0.396 e. The van der Waals surface area contributed by atoms with Gasteiger partial charge < -0.3 is 11.1 Å². The van der Waals surface area contributed by atoms with E-state index in [-0.39, 0.29) is 24.3 Å². The quantitative estimate of drug-likeness (QED) is 0.850. The standard InChI is InChI=1S/C9H9ClF3N3/c10-5-3-6(14)7(15-4-5)16-8(1-2-8)9(11,12)13/h3-4H,1-2,14H2,(H,15,16). The van der Waals surface area contributed by atoms with E-state index in [9.17, 15) is 13.2 Å². The average Bonchev–Trinajstić information content (AvgIpc) is 2.90. The fourth-order valence-electron chi connectivity index (χ4n) is 1.39. The zero-order valence-electron chi connectivity index (χ0n) is 8.11. The van der Waals surface area contributed by atoms with Crippen LogP contribution >= 0.6 is 11.6 Å². The molecule has 1 aliphatic rings. The van der Waals surface area contributed by atoms with Crippen molar-refractivity contribution in [3.63, 3.8) is 0 Å². The van der Waals surface area contributed by atoms with Gasteiger partial charge >= 0.3 is 6.18 Å². The molecule has 0 bridgehead atoms. The molecule has 2 rings (SSSR count). The van der Waals surface area contributed by atoms with Gasteiger partial charge in [0.2, 0.25) is 0 Å². The number of nitrogens with two attached hydrogens (primary N) is 1. The fraction of sp³-hybridized carbons (Fsp3) is 0.444. The molecule has 0 aliphatic heterocycles. The first-order valence-electron chi connectivity index (χ1n) is 4.60. The molecule has 0 spiro atoms. The second-order valence-corrected chi connectivity index (χ2v) is 4.23. The zero-order valence-corrected chi connectivity index (χ0v) is 8.86. The summed E-state index contributed by atoms with van der Waals surface area (Å²) in [5, 5.41) is 2.64. The number of hydrogen-bond acceptors (Lipinski definition) is 3. The summed E-state index contributed by atoms with van der Waals surface area (Å²) in [6, 6.07) is 1.36. The van der Waals surface area contributed by atoms with Crippen LogP contribution in [0.1, 0.15) is 12.8 Å². The Morgan fingerprint density at radius 3 is 2.50 bits per heavy atom. The Kier molecular flexibility index (Phi) is 2.41. The minimum atomic E-state index is -4.29. The first kappa shape index (κ1) is 11.3. The lowest BCUT2D eigenvalue weighted by atomic mass is 10.2. The van der Waals surface area contributed by atoms with Gasteiger partial charge in [-0.15, -0.1) is 0 Å². The molecule has 88 valence electrons. The molecule has 1 aliphatic carbocycles. The lowest BCUT2D eigenvalue weighted by Gasteiger charge is -2.21. The fourth-order valence-corrected chi connectivity index (χ4v) is 1.56. The Labute approximate surface area is 94.8 Å².